The molecule has 6 heteroatoms. The maximum absolute atomic E-state index is 13.2. The zero-order chi connectivity index (χ0) is 21.3. The van der Waals surface area contributed by atoms with E-state index in [1.807, 2.05) is 67.6 Å². The Hall–Kier alpha value is -3.18. The molecule has 0 spiro atoms. The lowest BCUT2D eigenvalue weighted by atomic mass is 9.89. The molecule has 0 aliphatic carbocycles. The van der Waals surface area contributed by atoms with Crippen LogP contribution >= 0.6 is 11.6 Å². The minimum absolute atomic E-state index is 0.147. The quantitative estimate of drug-likeness (QED) is 0.511. The van der Waals surface area contributed by atoms with Crippen molar-refractivity contribution in [1.29, 1.82) is 0 Å². The van der Waals surface area contributed by atoms with Crippen molar-refractivity contribution in [1.82, 2.24) is 0 Å². The van der Waals surface area contributed by atoms with E-state index < -0.39 is 6.10 Å². The van der Waals surface area contributed by atoms with Crippen molar-refractivity contribution in [3.05, 3.63) is 82.9 Å². The van der Waals surface area contributed by atoms with Crippen molar-refractivity contribution in [3.8, 4) is 17.2 Å². The summed E-state index contributed by atoms with van der Waals surface area (Å²) in [6.07, 6.45) is -0.680. The lowest BCUT2D eigenvalue weighted by Crippen LogP contribution is -2.61. The molecule has 3 aromatic rings. The van der Waals surface area contributed by atoms with E-state index in [0.29, 0.717) is 28.0 Å². The van der Waals surface area contributed by atoms with Gasteiger partial charge in [0.15, 0.2) is 11.5 Å². The smallest absolute Gasteiger partial charge is 0.271 e. The van der Waals surface area contributed by atoms with Crippen LogP contribution in [0.15, 0.2) is 66.7 Å². The van der Waals surface area contributed by atoms with Crippen LogP contribution in [0.2, 0.25) is 5.02 Å². The summed E-state index contributed by atoms with van der Waals surface area (Å²) < 4.78 is 17.0. The zero-order valence-corrected chi connectivity index (χ0v) is 17.7. The first-order valence-corrected chi connectivity index (χ1v) is 9.94. The Bertz CT molecular complexity index is 1080. The molecule has 1 heterocycles. The molecule has 30 heavy (non-hydrogen) atoms. The number of hydrogen-bond donors (Lipinski definition) is 0. The second-order valence-corrected chi connectivity index (χ2v) is 7.43. The molecular formula is C24H22ClNO4. The molecule has 154 valence electrons. The van der Waals surface area contributed by atoms with Gasteiger partial charge in [-0.3, -0.25) is 9.69 Å². The summed E-state index contributed by atoms with van der Waals surface area (Å²) in [4.78, 5) is 14.9. The molecule has 0 bridgehead atoms. The van der Waals surface area contributed by atoms with Crippen molar-refractivity contribution < 1.29 is 19.0 Å². The molecule has 0 aromatic heterocycles. The minimum atomic E-state index is -0.680. The van der Waals surface area contributed by atoms with E-state index in [2.05, 4.69) is 0 Å². The molecule has 0 unspecified atom stereocenters. The third-order valence-corrected chi connectivity index (χ3v) is 5.57. The average Bonchev–Trinajstić information content (AvgIpc) is 2.77. The number of halogens is 1. The number of rotatable bonds is 6. The molecule has 0 radical (unpaired) electrons. The van der Waals surface area contributed by atoms with Crippen LogP contribution in [0.3, 0.4) is 0 Å². The lowest BCUT2D eigenvalue weighted by Gasteiger charge is -2.47. The molecule has 0 N–H and O–H groups in total. The summed E-state index contributed by atoms with van der Waals surface area (Å²) in [5.41, 5.74) is 2.48. The van der Waals surface area contributed by atoms with Crippen LogP contribution in [-0.4, -0.2) is 26.2 Å². The first-order valence-electron chi connectivity index (χ1n) is 9.57. The Morgan fingerprint density at radius 2 is 1.57 bits per heavy atom. The van der Waals surface area contributed by atoms with E-state index in [9.17, 15) is 4.79 Å². The third kappa shape index (κ3) is 3.46. The van der Waals surface area contributed by atoms with E-state index in [-0.39, 0.29) is 11.9 Å². The number of hydrogen-bond acceptors (Lipinski definition) is 4. The predicted molar refractivity (Wildman–Crippen MR) is 117 cm³/mol. The number of benzene rings is 3. The predicted octanol–water partition coefficient (Wildman–Crippen LogP) is 5.20. The Kier molecular flexibility index (Phi) is 5.55. The van der Waals surface area contributed by atoms with Gasteiger partial charge in [-0.25, -0.2) is 0 Å². The number of amides is 1. The van der Waals surface area contributed by atoms with Gasteiger partial charge in [0.25, 0.3) is 5.91 Å². The molecule has 1 aliphatic heterocycles. The maximum Gasteiger partial charge on any atom is 0.271 e. The minimum Gasteiger partial charge on any atom is -0.493 e. The molecule has 0 saturated carbocycles. The Morgan fingerprint density at radius 1 is 0.867 bits per heavy atom. The highest BCUT2D eigenvalue weighted by atomic mass is 35.5. The van der Waals surface area contributed by atoms with Crippen LogP contribution in [0.4, 0.5) is 5.69 Å². The number of nitrogens with zero attached hydrogens (tertiary/aromatic N) is 1. The highest BCUT2D eigenvalue weighted by Crippen LogP contribution is 2.45. The molecule has 1 aliphatic rings. The summed E-state index contributed by atoms with van der Waals surface area (Å²) in [5, 5.41) is 0.505. The van der Waals surface area contributed by atoms with Gasteiger partial charge in [-0.1, -0.05) is 48.0 Å². The van der Waals surface area contributed by atoms with Crippen LogP contribution in [-0.2, 0) is 4.79 Å². The highest BCUT2D eigenvalue weighted by molar-refractivity contribution is 6.34. The second-order valence-electron chi connectivity index (χ2n) is 7.02. The van der Waals surface area contributed by atoms with E-state index in [0.717, 1.165) is 11.1 Å². The second kappa shape index (κ2) is 8.28. The monoisotopic (exact) mass is 423 g/mol. The fourth-order valence-electron chi connectivity index (χ4n) is 3.68. The van der Waals surface area contributed by atoms with Crippen LogP contribution in [0.1, 0.15) is 17.2 Å². The van der Waals surface area contributed by atoms with Crippen molar-refractivity contribution in [2.75, 3.05) is 19.1 Å². The van der Waals surface area contributed by atoms with Gasteiger partial charge in [0.1, 0.15) is 11.8 Å². The van der Waals surface area contributed by atoms with Gasteiger partial charge in [0.2, 0.25) is 6.10 Å². The third-order valence-electron chi connectivity index (χ3n) is 5.25. The van der Waals surface area contributed by atoms with E-state index in [1.165, 1.54) is 0 Å². The number of methoxy groups -OCH3 is 2. The Balaban J connectivity index is 1.76. The van der Waals surface area contributed by atoms with Crippen LogP contribution in [0.25, 0.3) is 0 Å². The van der Waals surface area contributed by atoms with Crippen molar-refractivity contribution in [2.45, 2.75) is 19.1 Å². The number of anilines is 1. The SMILES string of the molecule is COc1ccc([C@@H]2[C@@H](Oc3ccccc3C)C(=O)N2c2ccccc2Cl)cc1OC. The standard InChI is InChI=1S/C24H22ClNO4/c1-15-8-4-7-11-19(15)30-23-22(16-12-13-20(28-2)21(14-16)29-3)26(24(23)27)18-10-6-5-9-17(18)25/h4-14,22-23H,1-3H3/t22-,23-/m1/s1. The van der Waals surface area contributed by atoms with Gasteiger partial charge in [0.05, 0.1) is 24.9 Å². The number of β-lactam (4-membered cyclic amide) rings is 1. The summed E-state index contributed by atoms with van der Waals surface area (Å²) in [7, 11) is 3.17. The highest BCUT2D eigenvalue weighted by Gasteiger charge is 2.51. The van der Waals surface area contributed by atoms with E-state index in [4.69, 9.17) is 25.8 Å². The Morgan fingerprint density at radius 3 is 2.27 bits per heavy atom. The van der Waals surface area contributed by atoms with Gasteiger partial charge in [-0.2, -0.15) is 0 Å². The fraction of sp³-hybridized carbons (Fsp3) is 0.208. The van der Waals surface area contributed by atoms with Crippen molar-refractivity contribution in [3.63, 3.8) is 0 Å². The molecule has 1 saturated heterocycles. The molecular weight excluding hydrogens is 402 g/mol. The Labute approximate surface area is 180 Å². The summed E-state index contributed by atoms with van der Waals surface area (Å²) in [6, 6.07) is 20.2. The van der Waals surface area contributed by atoms with E-state index in [1.54, 1.807) is 25.2 Å². The topological polar surface area (TPSA) is 48.0 Å². The van der Waals surface area contributed by atoms with Gasteiger partial charge in [0, 0.05) is 0 Å². The molecule has 1 amide bonds. The average molecular weight is 424 g/mol. The molecule has 2 atom stereocenters. The van der Waals surface area contributed by atoms with E-state index >= 15 is 0 Å². The number of aryl methyl sites for hydroxylation is 1. The summed E-state index contributed by atoms with van der Waals surface area (Å²) >= 11 is 6.41. The normalized spacial score (nSPS) is 18.0. The van der Waals surface area contributed by atoms with Crippen molar-refractivity contribution in [2.24, 2.45) is 0 Å². The largest absolute Gasteiger partial charge is 0.493 e. The number of carbonyl (C=O) groups excluding carboxylic acids is 1. The summed E-state index contributed by atoms with van der Waals surface area (Å²) in [5.74, 6) is 1.74. The van der Waals surface area contributed by atoms with Gasteiger partial charge in [-0.15, -0.1) is 0 Å². The number of para-hydroxylation sites is 2. The van der Waals surface area contributed by atoms with Crippen LogP contribution < -0.4 is 19.1 Å². The van der Waals surface area contributed by atoms with Crippen LogP contribution in [0.5, 0.6) is 17.2 Å². The molecule has 5 nitrogen and oxygen atoms in total. The van der Waals surface area contributed by atoms with Gasteiger partial charge < -0.3 is 14.2 Å². The van der Waals surface area contributed by atoms with Gasteiger partial charge in [-0.05, 0) is 48.4 Å². The first-order chi connectivity index (χ1) is 14.5. The number of carbonyl (C=O) groups is 1. The first kappa shape index (κ1) is 20.1. The van der Waals surface area contributed by atoms with Crippen molar-refractivity contribution >= 4 is 23.2 Å². The maximum atomic E-state index is 13.2. The van der Waals surface area contributed by atoms with Gasteiger partial charge >= 0.3 is 0 Å². The molecule has 4 rings (SSSR count). The zero-order valence-electron chi connectivity index (χ0n) is 17.0. The van der Waals surface area contributed by atoms with Crippen LogP contribution in [0, 0.1) is 6.92 Å². The molecule has 1 fully saturated rings. The summed E-state index contributed by atoms with van der Waals surface area (Å²) in [6.45, 7) is 1.95. The molecule has 3 aromatic carbocycles. The lowest BCUT2D eigenvalue weighted by molar-refractivity contribution is -0.135. The number of ether oxygens (including phenoxy) is 3. The fourth-order valence-corrected chi connectivity index (χ4v) is 3.91.